The van der Waals surface area contributed by atoms with Crippen molar-refractivity contribution in [3.63, 3.8) is 0 Å². The van der Waals surface area contributed by atoms with Gasteiger partial charge in [-0.05, 0) is 58.5 Å². The molecule has 3 aromatic rings. The van der Waals surface area contributed by atoms with E-state index in [-0.39, 0.29) is 42.7 Å². The maximum Gasteiger partial charge on any atom is 0.422 e. The molecule has 0 aromatic heterocycles. The summed E-state index contributed by atoms with van der Waals surface area (Å²) >= 11 is 12.4. The van der Waals surface area contributed by atoms with Crippen molar-refractivity contribution in [3.8, 4) is 5.75 Å². The van der Waals surface area contributed by atoms with Gasteiger partial charge < -0.3 is 15.0 Å². The highest BCUT2D eigenvalue weighted by Gasteiger charge is 2.45. The number of carbonyl (C=O) groups is 2. The molecule has 0 saturated carbocycles. The summed E-state index contributed by atoms with van der Waals surface area (Å²) in [5.74, 6) is -0.254. The van der Waals surface area contributed by atoms with Gasteiger partial charge in [-0.3, -0.25) is 14.7 Å². The van der Waals surface area contributed by atoms with Gasteiger partial charge in [-0.25, -0.2) is 4.79 Å². The molecule has 3 aromatic carbocycles. The van der Waals surface area contributed by atoms with Gasteiger partial charge in [0.2, 0.25) is 5.91 Å². The van der Waals surface area contributed by atoms with E-state index in [4.69, 9.17) is 32.9 Å². The first kappa shape index (κ1) is 31.7. The zero-order valence-corrected chi connectivity index (χ0v) is 25.8. The number of halogens is 5. The van der Waals surface area contributed by atoms with Crippen LogP contribution in [0.4, 0.5) is 18.0 Å². The summed E-state index contributed by atoms with van der Waals surface area (Å²) in [5.41, 5.74) is 1.97. The van der Waals surface area contributed by atoms with Crippen molar-refractivity contribution in [2.24, 2.45) is 4.99 Å². The number of hydrogen-bond donors (Lipinski definition) is 1. The molecule has 2 atom stereocenters. The molecule has 0 aliphatic carbocycles. The molecule has 12 heteroatoms. The molecule has 0 bridgehead atoms. The Balaban J connectivity index is 1.72. The molecule has 7 nitrogen and oxygen atoms in total. The van der Waals surface area contributed by atoms with Gasteiger partial charge in [-0.2, -0.15) is 13.2 Å². The van der Waals surface area contributed by atoms with E-state index in [0.717, 1.165) is 11.1 Å². The zero-order chi connectivity index (χ0) is 31.8. The van der Waals surface area contributed by atoms with Crippen molar-refractivity contribution in [2.75, 3.05) is 26.2 Å². The van der Waals surface area contributed by atoms with Crippen LogP contribution in [0, 0.1) is 0 Å². The van der Waals surface area contributed by atoms with Crippen LogP contribution in [0.15, 0.2) is 71.7 Å². The first-order valence-corrected chi connectivity index (χ1v) is 14.7. The van der Waals surface area contributed by atoms with Gasteiger partial charge in [0.1, 0.15) is 24.2 Å². The van der Waals surface area contributed by atoms with Crippen LogP contribution in [0.3, 0.4) is 0 Å². The molecule has 0 radical (unpaired) electrons. The lowest BCUT2D eigenvalue weighted by molar-refractivity contribution is -0.153. The lowest BCUT2D eigenvalue weighted by atomic mass is 9.86. The Morgan fingerprint density at radius 2 is 1.59 bits per heavy atom. The number of piperazine rings is 1. The van der Waals surface area contributed by atoms with Gasteiger partial charge in [0, 0.05) is 23.1 Å². The molecule has 2 aliphatic rings. The van der Waals surface area contributed by atoms with E-state index in [0.29, 0.717) is 15.6 Å². The Labute approximate surface area is 263 Å². The molecule has 0 spiro atoms. The van der Waals surface area contributed by atoms with Crippen LogP contribution >= 0.6 is 23.2 Å². The number of amides is 3. The molecular weight excluding hydrogens is 616 g/mol. The van der Waals surface area contributed by atoms with Crippen molar-refractivity contribution >= 4 is 41.0 Å². The van der Waals surface area contributed by atoms with E-state index in [9.17, 15) is 22.8 Å². The Morgan fingerprint density at radius 1 is 0.977 bits per heavy atom. The summed E-state index contributed by atoms with van der Waals surface area (Å²) < 4.78 is 45.6. The second kappa shape index (κ2) is 12.3. The van der Waals surface area contributed by atoms with Gasteiger partial charge in [-0.1, -0.05) is 74.3 Å². The lowest BCUT2D eigenvalue weighted by Gasteiger charge is -2.36. The van der Waals surface area contributed by atoms with E-state index in [1.807, 2.05) is 20.8 Å². The van der Waals surface area contributed by atoms with E-state index in [1.54, 1.807) is 66.7 Å². The number of nitrogens with one attached hydrogen (secondary N) is 1. The molecule has 232 valence electrons. The highest BCUT2D eigenvalue weighted by atomic mass is 35.5. The van der Waals surface area contributed by atoms with Crippen molar-refractivity contribution in [2.45, 2.75) is 44.4 Å². The third kappa shape index (κ3) is 6.97. The summed E-state index contributed by atoms with van der Waals surface area (Å²) in [7, 11) is 0. The summed E-state index contributed by atoms with van der Waals surface area (Å²) in [6.45, 7) is 4.61. The quantitative estimate of drug-likeness (QED) is 0.315. The van der Waals surface area contributed by atoms with E-state index >= 15 is 0 Å². The second-order valence-electron chi connectivity index (χ2n) is 11.7. The number of nitrogens with zero attached hydrogens (tertiary/aromatic N) is 3. The number of urea groups is 1. The van der Waals surface area contributed by atoms with Crippen LogP contribution in [0.5, 0.6) is 5.75 Å². The Morgan fingerprint density at radius 3 is 2.16 bits per heavy atom. The fourth-order valence-corrected chi connectivity index (χ4v) is 5.51. The fraction of sp³-hybridized carbons (Fsp3) is 0.344. The number of aliphatic imine (C=N–C) groups is 1. The van der Waals surface area contributed by atoms with Crippen molar-refractivity contribution in [1.29, 1.82) is 0 Å². The largest absolute Gasteiger partial charge is 0.483 e. The number of benzene rings is 3. The highest BCUT2D eigenvalue weighted by Crippen LogP contribution is 2.46. The van der Waals surface area contributed by atoms with Crippen LogP contribution in [0.1, 0.15) is 55.1 Å². The highest BCUT2D eigenvalue weighted by molar-refractivity contribution is 6.30. The fourth-order valence-electron chi connectivity index (χ4n) is 5.26. The van der Waals surface area contributed by atoms with Crippen LogP contribution in [0.2, 0.25) is 10.0 Å². The second-order valence-corrected chi connectivity index (χ2v) is 12.6. The first-order valence-electron chi connectivity index (χ1n) is 14.0. The van der Waals surface area contributed by atoms with Crippen LogP contribution in [0.25, 0.3) is 0 Å². The summed E-state index contributed by atoms with van der Waals surface area (Å²) in [5, 5.41) is 3.71. The van der Waals surface area contributed by atoms with Crippen LogP contribution in [-0.4, -0.2) is 60.0 Å². The van der Waals surface area contributed by atoms with Crippen molar-refractivity contribution in [1.82, 2.24) is 15.1 Å². The molecule has 5 rings (SSSR count). The van der Waals surface area contributed by atoms with Crippen molar-refractivity contribution < 1.29 is 27.5 Å². The molecule has 2 heterocycles. The topological polar surface area (TPSA) is 74.2 Å². The van der Waals surface area contributed by atoms with Gasteiger partial charge in [-0.15, -0.1) is 0 Å². The lowest BCUT2D eigenvalue weighted by Crippen LogP contribution is -2.55. The minimum absolute atomic E-state index is 0.0608. The number of rotatable bonds is 5. The molecule has 1 N–H and O–H groups in total. The third-order valence-corrected chi connectivity index (χ3v) is 7.99. The van der Waals surface area contributed by atoms with Crippen LogP contribution < -0.4 is 10.1 Å². The van der Waals surface area contributed by atoms with Gasteiger partial charge in [0.05, 0.1) is 11.6 Å². The minimum atomic E-state index is -4.60. The summed E-state index contributed by atoms with van der Waals surface area (Å²) in [6, 6.07) is 17.0. The number of ether oxygens (including phenoxy) is 1. The Kier molecular flexibility index (Phi) is 8.87. The molecule has 1 fully saturated rings. The van der Waals surface area contributed by atoms with E-state index < -0.39 is 36.3 Å². The first-order chi connectivity index (χ1) is 20.7. The molecular formula is C32H31Cl2F3N4O3. The molecule has 2 aliphatic heterocycles. The Hall–Kier alpha value is -3.76. The summed E-state index contributed by atoms with van der Waals surface area (Å²) in [6.07, 6.45) is -4.60. The zero-order valence-electron chi connectivity index (χ0n) is 24.3. The predicted molar refractivity (Wildman–Crippen MR) is 163 cm³/mol. The number of carbonyl (C=O) groups excluding carboxylic acids is 2. The smallest absolute Gasteiger partial charge is 0.422 e. The molecule has 1 saturated heterocycles. The predicted octanol–water partition coefficient (Wildman–Crippen LogP) is 7.33. The van der Waals surface area contributed by atoms with E-state index in [2.05, 4.69) is 5.32 Å². The van der Waals surface area contributed by atoms with Crippen molar-refractivity contribution in [3.05, 3.63) is 99.0 Å². The average Bonchev–Trinajstić information content (AvgIpc) is 3.35. The molecule has 44 heavy (non-hydrogen) atoms. The number of hydrogen-bond acceptors (Lipinski definition) is 4. The standard InChI is InChI=1S/C32H31Cl2F3N4O3/c1-31(2,3)21-8-13-24(25(16-21)44-18-32(35,36)37)29-39-27(19-4-9-22(33)10-5-19)28(20-6-11-23(34)12-7-20)41(29)30(43)40-15-14-38-26(42)17-40/h4-13,16,27-28H,14-15,17-18H2,1-3H3,(H,38,42)/t27-,28+/m0/s1. The van der Waals surface area contributed by atoms with Gasteiger partial charge in [0.15, 0.2) is 6.61 Å². The van der Waals surface area contributed by atoms with E-state index in [1.165, 1.54) is 9.80 Å². The summed E-state index contributed by atoms with van der Waals surface area (Å²) in [4.78, 5) is 34.6. The molecule has 3 amide bonds. The average molecular weight is 648 g/mol. The monoisotopic (exact) mass is 646 g/mol. The SMILES string of the molecule is CC(C)(C)c1ccc(C2=N[C@@H](c3ccc(Cl)cc3)[C@@H](c3ccc(Cl)cc3)N2C(=O)N2CCNC(=O)C2)c(OCC(F)(F)F)c1. The normalized spacial score (nSPS) is 19.1. The van der Waals surface area contributed by atoms with Gasteiger partial charge in [0.25, 0.3) is 0 Å². The third-order valence-electron chi connectivity index (χ3n) is 7.48. The minimum Gasteiger partial charge on any atom is -0.483 e. The Bertz CT molecular complexity index is 1570. The van der Waals surface area contributed by atoms with Gasteiger partial charge >= 0.3 is 12.2 Å². The maximum atomic E-state index is 14.4. The van der Waals surface area contributed by atoms with Crippen LogP contribution in [-0.2, 0) is 10.2 Å². The molecule has 0 unspecified atom stereocenters. The number of alkyl halides is 3. The maximum absolute atomic E-state index is 14.4. The number of amidine groups is 1.